The fraction of sp³-hybridized carbons (Fsp3) is 0.786. The molecule has 0 unspecified atom stereocenters. The molecule has 0 saturated carbocycles. The molecule has 3 heterocycles. The number of rotatable bonds is 3. The normalized spacial score (nSPS) is 28.0. The quantitative estimate of drug-likeness (QED) is 0.819. The molecule has 0 N–H and O–H groups in total. The van der Waals surface area contributed by atoms with Crippen LogP contribution in [0.2, 0.25) is 0 Å². The molecule has 3 rings (SSSR count). The minimum atomic E-state index is -2.93. The van der Waals surface area contributed by atoms with Crippen molar-refractivity contribution in [3.63, 3.8) is 0 Å². The summed E-state index contributed by atoms with van der Waals surface area (Å²) < 4.78 is 28.2. The second kappa shape index (κ2) is 5.98. The molecular weight excluding hydrogens is 306 g/mol. The maximum Gasteiger partial charge on any atom is 0.231 e. The van der Waals surface area contributed by atoms with Crippen molar-refractivity contribution in [1.29, 1.82) is 0 Å². The van der Waals surface area contributed by atoms with Crippen molar-refractivity contribution in [3.8, 4) is 0 Å². The van der Waals surface area contributed by atoms with E-state index in [0.29, 0.717) is 31.1 Å². The molecule has 0 aliphatic carbocycles. The van der Waals surface area contributed by atoms with Gasteiger partial charge in [-0.3, -0.25) is 4.79 Å². The van der Waals surface area contributed by atoms with Crippen molar-refractivity contribution in [3.05, 3.63) is 11.7 Å². The average Bonchev–Trinajstić information content (AvgIpc) is 3.05. The van der Waals surface area contributed by atoms with Crippen LogP contribution in [-0.2, 0) is 14.6 Å². The Morgan fingerprint density at radius 1 is 1.41 bits per heavy atom. The summed E-state index contributed by atoms with van der Waals surface area (Å²) in [4.78, 5) is 18.5. The van der Waals surface area contributed by atoms with Crippen molar-refractivity contribution in [2.24, 2.45) is 5.92 Å². The molecule has 1 amide bonds. The van der Waals surface area contributed by atoms with Crippen LogP contribution in [0.5, 0.6) is 0 Å². The van der Waals surface area contributed by atoms with Crippen molar-refractivity contribution < 1.29 is 17.7 Å². The van der Waals surface area contributed by atoms with Gasteiger partial charge in [-0.2, -0.15) is 4.98 Å². The second-order valence-electron chi connectivity index (χ2n) is 6.33. The molecule has 122 valence electrons. The van der Waals surface area contributed by atoms with E-state index < -0.39 is 9.84 Å². The Balaban J connectivity index is 1.58. The highest BCUT2D eigenvalue weighted by molar-refractivity contribution is 7.91. The predicted molar refractivity (Wildman–Crippen MR) is 79.0 cm³/mol. The van der Waals surface area contributed by atoms with Crippen LogP contribution in [-0.4, -0.2) is 54.0 Å². The number of sulfone groups is 1. The Kier molecular flexibility index (Phi) is 4.20. The Hall–Kier alpha value is -1.44. The Morgan fingerprint density at radius 2 is 2.23 bits per heavy atom. The smallest absolute Gasteiger partial charge is 0.231 e. The monoisotopic (exact) mass is 327 g/mol. The summed E-state index contributed by atoms with van der Waals surface area (Å²) in [6.45, 7) is 3.08. The first kappa shape index (κ1) is 15.5. The summed E-state index contributed by atoms with van der Waals surface area (Å²) in [7, 11) is -2.93. The molecule has 22 heavy (non-hydrogen) atoms. The minimum Gasteiger partial charge on any atom is -0.342 e. The SMILES string of the molecule is Cc1noc([C@@H]2CCCN(C(=O)C[C@H]3CCS(=O)(=O)C3)C2)n1. The van der Waals surface area contributed by atoms with Crippen molar-refractivity contribution in [2.45, 2.75) is 38.5 Å². The van der Waals surface area contributed by atoms with Gasteiger partial charge in [-0.25, -0.2) is 8.42 Å². The van der Waals surface area contributed by atoms with Gasteiger partial charge in [0.1, 0.15) is 0 Å². The Bertz CT molecular complexity index is 655. The van der Waals surface area contributed by atoms with Gasteiger partial charge in [-0.05, 0) is 32.1 Å². The van der Waals surface area contributed by atoms with E-state index in [1.165, 1.54) is 0 Å². The summed E-state index contributed by atoms with van der Waals surface area (Å²) in [5, 5.41) is 3.80. The first-order chi connectivity index (χ1) is 10.4. The number of likely N-dealkylation sites (tertiary alicyclic amines) is 1. The minimum absolute atomic E-state index is 0.0245. The first-order valence-corrected chi connectivity index (χ1v) is 9.53. The third-order valence-electron chi connectivity index (χ3n) is 4.46. The van der Waals surface area contributed by atoms with Gasteiger partial charge in [-0.15, -0.1) is 0 Å². The largest absolute Gasteiger partial charge is 0.342 e. The number of carbonyl (C=O) groups is 1. The molecule has 2 aliphatic heterocycles. The summed E-state index contributed by atoms with van der Waals surface area (Å²) >= 11 is 0. The van der Waals surface area contributed by atoms with Crippen molar-refractivity contribution in [2.75, 3.05) is 24.6 Å². The molecule has 2 aliphatic rings. The van der Waals surface area contributed by atoms with Crippen molar-refractivity contribution >= 4 is 15.7 Å². The molecule has 0 spiro atoms. The lowest BCUT2D eigenvalue weighted by Crippen LogP contribution is -2.40. The zero-order valence-corrected chi connectivity index (χ0v) is 13.5. The maximum absolute atomic E-state index is 12.4. The van der Waals surface area contributed by atoms with Gasteiger partial charge in [0.05, 0.1) is 17.4 Å². The third kappa shape index (κ3) is 3.48. The van der Waals surface area contributed by atoms with E-state index in [9.17, 15) is 13.2 Å². The molecule has 1 aromatic rings. The lowest BCUT2D eigenvalue weighted by molar-refractivity contribution is -0.133. The molecule has 0 radical (unpaired) electrons. The molecule has 7 nitrogen and oxygen atoms in total. The van der Waals surface area contributed by atoms with E-state index >= 15 is 0 Å². The van der Waals surface area contributed by atoms with Crippen LogP contribution in [0.4, 0.5) is 0 Å². The number of aromatic nitrogens is 2. The van der Waals surface area contributed by atoms with E-state index in [2.05, 4.69) is 10.1 Å². The molecular formula is C14H21N3O4S. The zero-order chi connectivity index (χ0) is 15.7. The standard InChI is InChI=1S/C14H21N3O4S/c1-10-15-14(21-16-10)12-3-2-5-17(8-12)13(18)7-11-4-6-22(19,20)9-11/h11-12H,2-9H2,1H3/t11-,12-/m1/s1. The Morgan fingerprint density at radius 3 is 2.86 bits per heavy atom. The fourth-order valence-electron chi connectivity index (χ4n) is 3.29. The van der Waals surface area contributed by atoms with E-state index in [1.807, 2.05) is 4.90 Å². The number of piperidine rings is 1. The second-order valence-corrected chi connectivity index (χ2v) is 8.56. The average molecular weight is 327 g/mol. The van der Waals surface area contributed by atoms with Gasteiger partial charge in [0, 0.05) is 19.5 Å². The molecule has 8 heteroatoms. The van der Waals surface area contributed by atoms with Crippen LogP contribution in [0.25, 0.3) is 0 Å². The first-order valence-electron chi connectivity index (χ1n) is 7.71. The maximum atomic E-state index is 12.4. The lowest BCUT2D eigenvalue weighted by atomic mass is 9.96. The number of amides is 1. The summed E-state index contributed by atoms with van der Waals surface area (Å²) in [6.07, 6.45) is 2.77. The summed E-state index contributed by atoms with van der Waals surface area (Å²) in [6, 6.07) is 0. The van der Waals surface area contributed by atoms with Gasteiger partial charge in [0.15, 0.2) is 15.7 Å². The number of carbonyl (C=O) groups excluding carboxylic acids is 1. The van der Waals surface area contributed by atoms with Crippen LogP contribution in [0, 0.1) is 12.8 Å². The van der Waals surface area contributed by atoms with Crippen LogP contribution < -0.4 is 0 Å². The van der Waals surface area contributed by atoms with Crippen molar-refractivity contribution in [1.82, 2.24) is 15.0 Å². The van der Waals surface area contributed by atoms with E-state index in [4.69, 9.17) is 4.52 Å². The number of hydrogen-bond donors (Lipinski definition) is 0. The zero-order valence-electron chi connectivity index (χ0n) is 12.7. The Labute approximate surface area is 130 Å². The molecule has 1 aromatic heterocycles. The number of nitrogens with zero attached hydrogens (tertiary/aromatic N) is 3. The van der Waals surface area contributed by atoms with Crippen LogP contribution >= 0.6 is 0 Å². The molecule has 0 aromatic carbocycles. The molecule has 0 bridgehead atoms. The van der Waals surface area contributed by atoms with E-state index in [0.717, 1.165) is 19.4 Å². The highest BCUT2D eigenvalue weighted by Crippen LogP contribution is 2.28. The third-order valence-corrected chi connectivity index (χ3v) is 6.29. The van der Waals surface area contributed by atoms with Gasteiger partial charge in [-0.1, -0.05) is 5.16 Å². The van der Waals surface area contributed by atoms with E-state index in [-0.39, 0.29) is 29.2 Å². The van der Waals surface area contributed by atoms with Crippen LogP contribution in [0.3, 0.4) is 0 Å². The topological polar surface area (TPSA) is 93.4 Å². The highest BCUT2D eigenvalue weighted by Gasteiger charge is 2.33. The van der Waals surface area contributed by atoms with Crippen LogP contribution in [0.15, 0.2) is 4.52 Å². The van der Waals surface area contributed by atoms with Crippen LogP contribution in [0.1, 0.15) is 43.3 Å². The predicted octanol–water partition coefficient (Wildman–Crippen LogP) is 0.909. The summed E-state index contributed by atoms with van der Waals surface area (Å²) in [5.41, 5.74) is 0. The summed E-state index contributed by atoms with van der Waals surface area (Å²) in [5.74, 6) is 1.68. The van der Waals surface area contributed by atoms with E-state index in [1.54, 1.807) is 6.92 Å². The number of aryl methyl sites for hydroxylation is 1. The molecule has 2 fully saturated rings. The number of hydrogen-bond acceptors (Lipinski definition) is 6. The molecule has 2 atom stereocenters. The lowest BCUT2D eigenvalue weighted by Gasteiger charge is -2.31. The molecule has 2 saturated heterocycles. The fourth-order valence-corrected chi connectivity index (χ4v) is 5.16. The highest BCUT2D eigenvalue weighted by atomic mass is 32.2. The van der Waals surface area contributed by atoms with Gasteiger partial charge in [0.2, 0.25) is 11.8 Å². The van der Waals surface area contributed by atoms with Gasteiger partial charge in [0.25, 0.3) is 0 Å². The van der Waals surface area contributed by atoms with Gasteiger partial charge < -0.3 is 9.42 Å². The van der Waals surface area contributed by atoms with Gasteiger partial charge >= 0.3 is 0 Å².